The summed E-state index contributed by atoms with van der Waals surface area (Å²) in [4.78, 5) is 28.8. The Bertz CT molecular complexity index is 1060. The minimum absolute atomic E-state index is 0.106. The molecule has 0 spiro atoms. The van der Waals surface area contributed by atoms with Gasteiger partial charge in [-0.25, -0.2) is 4.39 Å². The van der Waals surface area contributed by atoms with Crippen molar-refractivity contribution >= 4 is 28.4 Å². The van der Waals surface area contributed by atoms with Crippen molar-refractivity contribution in [3.8, 4) is 0 Å². The molecule has 0 bridgehead atoms. The van der Waals surface area contributed by atoms with Gasteiger partial charge in [0.15, 0.2) is 5.69 Å². The number of hydrogen-bond acceptors (Lipinski definition) is 4. The van der Waals surface area contributed by atoms with E-state index in [0.29, 0.717) is 37.6 Å². The van der Waals surface area contributed by atoms with Gasteiger partial charge in [0.2, 0.25) is 5.91 Å². The maximum Gasteiger partial charge on any atom is 0.275 e. The summed E-state index contributed by atoms with van der Waals surface area (Å²) in [7, 11) is 0. The Labute approximate surface area is 167 Å². The Morgan fingerprint density at radius 3 is 2.69 bits per heavy atom. The zero-order chi connectivity index (χ0) is 20.4. The Balaban J connectivity index is 1.33. The van der Waals surface area contributed by atoms with E-state index < -0.39 is 5.82 Å². The first kappa shape index (κ1) is 19.1. The predicted molar refractivity (Wildman–Crippen MR) is 108 cm³/mol. The van der Waals surface area contributed by atoms with Gasteiger partial charge in [0.25, 0.3) is 5.91 Å². The number of benzene rings is 2. The SMILES string of the molecule is Cc1ccc2[nH]nc(C(=O)N3CCN(CC(=O)Nc4cccc(F)c4)CC3)c2c1. The fourth-order valence-electron chi connectivity index (χ4n) is 3.52. The smallest absolute Gasteiger partial charge is 0.275 e. The van der Waals surface area contributed by atoms with Gasteiger partial charge in [-0.15, -0.1) is 0 Å². The molecule has 4 rings (SSSR count). The number of rotatable bonds is 4. The van der Waals surface area contributed by atoms with Crippen LogP contribution in [0.4, 0.5) is 10.1 Å². The molecule has 29 heavy (non-hydrogen) atoms. The molecule has 1 aliphatic heterocycles. The van der Waals surface area contributed by atoms with Crippen LogP contribution in [0.5, 0.6) is 0 Å². The van der Waals surface area contributed by atoms with Crippen LogP contribution in [0.1, 0.15) is 16.1 Å². The van der Waals surface area contributed by atoms with E-state index >= 15 is 0 Å². The second kappa shape index (κ2) is 8.00. The van der Waals surface area contributed by atoms with Gasteiger partial charge < -0.3 is 10.2 Å². The van der Waals surface area contributed by atoms with Gasteiger partial charge in [-0.3, -0.25) is 19.6 Å². The maximum absolute atomic E-state index is 13.2. The molecular weight excluding hydrogens is 373 g/mol. The molecule has 3 aromatic rings. The van der Waals surface area contributed by atoms with Crippen molar-refractivity contribution in [1.29, 1.82) is 0 Å². The molecule has 0 unspecified atom stereocenters. The number of nitrogens with zero attached hydrogens (tertiary/aromatic N) is 3. The highest BCUT2D eigenvalue weighted by molar-refractivity contribution is 6.04. The number of hydrogen-bond donors (Lipinski definition) is 2. The minimum atomic E-state index is -0.393. The summed E-state index contributed by atoms with van der Waals surface area (Å²) in [5.41, 5.74) is 2.78. The highest BCUT2D eigenvalue weighted by atomic mass is 19.1. The number of nitrogens with one attached hydrogen (secondary N) is 2. The summed E-state index contributed by atoms with van der Waals surface area (Å²) in [6.45, 7) is 4.39. The standard InChI is InChI=1S/C21H22FN5O2/c1-14-5-6-18-17(11-14)20(25-24-18)21(29)27-9-7-26(8-10-27)13-19(28)23-16-4-2-3-15(22)12-16/h2-6,11-12H,7-10,13H2,1H3,(H,23,28)(H,24,25). The molecular formula is C21H22FN5O2. The van der Waals surface area contributed by atoms with E-state index in [1.165, 1.54) is 12.1 Å². The Hall–Kier alpha value is -3.26. The summed E-state index contributed by atoms with van der Waals surface area (Å²) >= 11 is 0. The molecule has 0 saturated carbocycles. The molecule has 1 saturated heterocycles. The molecule has 2 aromatic carbocycles. The third-order valence-electron chi connectivity index (χ3n) is 5.06. The molecule has 2 heterocycles. The molecule has 0 aliphatic carbocycles. The van der Waals surface area contributed by atoms with E-state index in [0.717, 1.165) is 16.5 Å². The van der Waals surface area contributed by atoms with Gasteiger partial charge in [-0.2, -0.15) is 5.10 Å². The first-order valence-corrected chi connectivity index (χ1v) is 9.51. The molecule has 1 aliphatic rings. The van der Waals surface area contributed by atoms with Crippen molar-refractivity contribution in [2.45, 2.75) is 6.92 Å². The van der Waals surface area contributed by atoms with Crippen LogP contribution in [-0.2, 0) is 4.79 Å². The zero-order valence-corrected chi connectivity index (χ0v) is 16.1. The third kappa shape index (κ3) is 4.27. The monoisotopic (exact) mass is 395 g/mol. The van der Waals surface area contributed by atoms with Crippen LogP contribution in [-0.4, -0.2) is 64.5 Å². The number of aromatic nitrogens is 2. The van der Waals surface area contributed by atoms with Crippen molar-refractivity contribution in [3.05, 3.63) is 59.5 Å². The molecule has 0 atom stereocenters. The average Bonchev–Trinajstić information content (AvgIpc) is 3.11. The van der Waals surface area contributed by atoms with E-state index in [1.807, 2.05) is 30.0 Å². The molecule has 1 fully saturated rings. The highest BCUT2D eigenvalue weighted by Crippen LogP contribution is 2.19. The summed E-state index contributed by atoms with van der Waals surface area (Å²) < 4.78 is 13.2. The lowest BCUT2D eigenvalue weighted by molar-refractivity contribution is -0.117. The summed E-state index contributed by atoms with van der Waals surface area (Å²) in [6.07, 6.45) is 0. The van der Waals surface area contributed by atoms with E-state index in [1.54, 1.807) is 17.0 Å². The number of anilines is 1. The van der Waals surface area contributed by atoms with Crippen molar-refractivity contribution in [2.24, 2.45) is 0 Å². The topological polar surface area (TPSA) is 81.3 Å². The number of halogens is 1. The van der Waals surface area contributed by atoms with Crippen molar-refractivity contribution in [3.63, 3.8) is 0 Å². The number of amides is 2. The van der Waals surface area contributed by atoms with E-state index in [4.69, 9.17) is 0 Å². The first-order valence-electron chi connectivity index (χ1n) is 9.51. The molecule has 150 valence electrons. The summed E-state index contributed by atoms with van der Waals surface area (Å²) in [6, 6.07) is 11.7. The maximum atomic E-state index is 13.2. The van der Waals surface area contributed by atoms with E-state index in [2.05, 4.69) is 15.5 Å². The van der Waals surface area contributed by atoms with Gasteiger partial charge in [0.1, 0.15) is 5.82 Å². The lowest BCUT2D eigenvalue weighted by Gasteiger charge is -2.34. The number of aryl methyl sites for hydroxylation is 1. The predicted octanol–water partition coefficient (Wildman–Crippen LogP) is 2.41. The normalized spacial score (nSPS) is 14.9. The second-order valence-corrected chi connectivity index (χ2v) is 7.25. The van der Waals surface area contributed by atoms with Gasteiger partial charge >= 0.3 is 0 Å². The molecule has 8 heteroatoms. The molecule has 2 N–H and O–H groups in total. The summed E-state index contributed by atoms with van der Waals surface area (Å²) in [5.74, 6) is -0.703. The molecule has 2 amide bonds. The molecule has 1 aromatic heterocycles. The van der Waals surface area contributed by atoms with Crippen molar-refractivity contribution < 1.29 is 14.0 Å². The quantitative estimate of drug-likeness (QED) is 0.711. The van der Waals surface area contributed by atoms with Crippen LogP contribution in [0.15, 0.2) is 42.5 Å². The van der Waals surface area contributed by atoms with Crippen LogP contribution in [0, 0.1) is 12.7 Å². The Morgan fingerprint density at radius 2 is 1.93 bits per heavy atom. The number of H-pyrrole nitrogens is 1. The number of piperazine rings is 1. The number of fused-ring (bicyclic) bond motifs is 1. The van der Waals surface area contributed by atoms with Gasteiger partial charge in [-0.05, 0) is 37.3 Å². The van der Waals surface area contributed by atoms with Gasteiger partial charge in [-0.1, -0.05) is 17.7 Å². The highest BCUT2D eigenvalue weighted by Gasteiger charge is 2.26. The van der Waals surface area contributed by atoms with E-state index in [9.17, 15) is 14.0 Å². The zero-order valence-electron chi connectivity index (χ0n) is 16.1. The second-order valence-electron chi connectivity index (χ2n) is 7.25. The van der Waals surface area contributed by atoms with Gasteiger partial charge in [0, 0.05) is 37.3 Å². The summed E-state index contributed by atoms with van der Waals surface area (Å²) in [5, 5.41) is 10.6. The first-order chi connectivity index (χ1) is 14.0. The average molecular weight is 395 g/mol. The molecule has 0 radical (unpaired) electrons. The number of carbonyl (C=O) groups is 2. The Kier molecular flexibility index (Phi) is 5.26. The lowest BCUT2D eigenvalue weighted by Crippen LogP contribution is -2.50. The largest absolute Gasteiger partial charge is 0.335 e. The van der Waals surface area contributed by atoms with Crippen molar-refractivity contribution in [1.82, 2.24) is 20.0 Å². The van der Waals surface area contributed by atoms with Crippen LogP contribution in [0.3, 0.4) is 0 Å². The molecule has 7 nitrogen and oxygen atoms in total. The fourth-order valence-corrected chi connectivity index (χ4v) is 3.52. The fraction of sp³-hybridized carbons (Fsp3) is 0.286. The lowest BCUT2D eigenvalue weighted by atomic mass is 10.1. The van der Waals surface area contributed by atoms with Crippen LogP contribution < -0.4 is 5.32 Å². The van der Waals surface area contributed by atoms with Crippen molar-refractivity contribution in [2.75, 3.05) is 38.0 Å². The van der Waals surface area contributed by atoms with E-state index in [-0.39, 0.29) is 18.4 Å². The van der Waals surface area contributed by atoms with Crippen LogP contribution in [0.25, 0.3) is 10.9 Å². The van der Waals surface area contributed by atoms with Gasteiger partial charge in [0.05, 0.1) is 12.1 Å². The Morgan fingerprint density at radius 1 is 1.14 bits per heavy atom. The minimum Gasteiger partial charge on any atom is -0.335 e. The third-order valence-corrected chi connectivity index (χ3v) is 5.06. The number of aromatic amines is 1. The van der Waals surface area contributed by atoms with Crippen LogP contribution >= 0.6 is 0 Å². The number of carbonyl (C=O) groups excluding carboxylic acids is 2. The van der Waals surface area contributed by atoms with Crippen LogP contribution in [0.2, 0.25) is 0 Å².